The van der Waals surface area contributed by atoms with Crippen LogP contribution in [0.25, 0.3) is 56.0 Å². The van der Waals surface area contributed by atoms with E-state index >= 15 is 0 Å². The standard InChI is InChI=1S/2C19H13.4CH3.Hf.H2Si/c2*1-2-6-16-13-17(12-11-14(16)5-1)19-10-4-8-15-7-3-9-18(15)19;;;;;;/h2*1-13H;4*1H3;;1H2. The van der Waals surface area contributed by atoms with Crippen molar-refractivity contribution in [2.24, 2.45) is 0 Å². The van der Waals surface area contributed by atoms with Crippen LogP contribution in [0.3, 0.4) is 0 Å². The molecule has 8 rings (SSSR count). The van der Waals surface area contributed by atoms with E-state index in [9.17, 15) is 0 Å². The Morgan fingerprint density at radius 1 is 0.455 bits per heavy atom. The molecule has 2 heteroatoms. The second kappa shape index (κ2) is 8.36. The normalized spacial score (nSPS) is 19.7. The molecule has 2 atom stereocenters. The van der Waals surface area contributed by atoms with E-state index < -0.39 is 14.2 Å². The summed E-state index contributed by atoms with van der Waals surface area (Å²) in [6.45, 7) is 2.40. The van der Waals surface area contributed by atoms with Crippen LogP contribution in [0, 0.1) is 0 Å². The third-order valence-corrected chi connectivity index (χ3v) is 45.7. The predicted octanol–water partition coefficient (Wildman–Crippen LogP) is 11.7. The molecule has 44 heavy (non-hydrogen) atoms. The van der Waals surface area contributed by atoms with Gasteiger partial charge in [-0.05, 0) is 0 Å². The number of fused-ring (bicyclic) bond motifs is 4. The summed E-state index contributed by atoms with van der Waals surface area (Å²) in [5.41, 5.74) is 11.1. The Morgan fingerprint density at radius 2 is 0.864 bits per heavy atom. The average Bonchev–Trinajstić information content (AvgIpc) is 3.67. The van der Waals surface area contributed by atoms with Gasteiger partial charge in [0.1, 0.15) is 0 Å². The van der Waals surface area contributed by atoms with Crippen LogP contribution in [0.1, 0.15) is 29.6 Å². The van der Waals surface area contributed by atoms with Gasteiger partial charge in [0, 0.05) is 0 Å². The minimum atomic E-state index is -4.80. The van der Waals surface area contributed by atoms with E-state index in [0.29, 0.717) is 7.35 Å². The second-order valence-electron chi connectivity index (χ2n) is 17.7. The molecule has 2 aliphatic carbocycles. The van der Waals surface area contributed by atoms with Crippen molar-refractivity contribution in [1.29, 1.82) is 0 Å². The van der Waals surface area contributed by atoms with E-state index in [4.69, 9.17) is 0 Å². The van der Waals surface area contributed by atoms with Crippen molar-refractivity contribution in [2.75, 3.05) is 0 Å². The van der Waals surface area contributed by atoms with Crippen molar-refractivity contribution in [3.05, 3.63) is 156 Å². The Hall–Kier alpha value is -3.59. The fourth-order valence-electron chi connectivity index (χ4n) is 8.74. The van der Waals surface area contributed by atoms with Crippen molar-refractivity contribution in [2.45, 2.75) is 26.1 Å². The molecule has 0 saturated heterocycles. The van der Waals surface area contributed by atoms with Gasteiger partial charge in [0.15, 0.2) is 0 Å². The van der Waals surface area contributed by atoms with E-state index in [2.05, 4.69) is 171 Å². The molecule has 2 aliphatic rings. The summed E-state index contributed by atoms with van der Waals surface area (Å²) in [5.74, 6) is 0. The number of hydrogen-bond acceptors (Lipinski definition) is 0. The molecule has 0 aromatic heterocycles. The molecule has 0 nitrogen and oxygen atoms in total. The first-order chi connectivity index (χ1) is 20.8. The van der Waals surface area contributed by atoms with Gasteiger partial charge in [-0.3, -0.25) is 0 Å². The summed E-state index contributed by atoms with van der Waals surface area (Å²) in [7, 11) is 0. The van der Waals surface area contributed by atoms with Crippen LogP contribution in [0.2, 0.25) is 18.7 Å². The molecule has 0 bridgehead atoms. The Morgan fingerprint density at radius 3 is 1.30 bits per heavy atom. The molecule has 0 N–H and O–H groups in total. The first kappa shape index (κ1) is 27.9. The monoisotopic (exact) mass is 752 g/mol. The van der Waals surface area contributed by atoms with Gasteiger partial charge in [0.2, 0.25) is 0 Å². The molecule has 6 aromatic rings. The van der Waals surface area contributed by atoms with Gasteiger partial charge in [-0.15, -0.1) is 0 Å². The molecular weight excluding hydrogens is 711 g/mol. The zero-order valence-corrected chi connectivity index (χ0v) is 31.2. The molecule has 0 aliphatic heterocycles. The van der Waals surface area contributed by atoms with Crippen molar-refractivity contribution in [3.8, 4) is 22.3 Å². The molecule has 6 aromatic carbocycles. The van der Waals surface area contributed by atoms with Crippen LogP contribution in [-0.2, 0) is 14.2 Å². The fraction of sp³-hybridized carbons (Fsp3) is 0.143. The van der Waals surface area contributed by atoms with Crippen LogP contribution < -0.4 is 0 Å². The topological polar surface area (TPSA) is 0 Å². The molecule has 0 radical (unpaired) electrons. The Balaban J connectivity index is 1.26. The summed E-state index contributed by atoms with van der Waals surface area (Å²) < 4.78 is 11.7. The number of hydrogen-bond donors (Lipinski definition) is 0. The van der Waals surface area contributed by atoms with Crippen LogP contribution in [0.5, 0.6) is 0 Å². The molecule has 2 unspecified atom stereocenters. The van der Waals surface area contributed by atoms with E-state index in [0.717, 1.165) is 0 Å². The Bertz CT molecular complexity index is 2220. The Kier molecular flexibility index (Phi) is 5.30. The third-order valence-electron chi connectivity index (χ3n) is 11.3. The predicted molar refractivity (Wildman–Crippen MR) is 194 cm³/mol. The van der Waals surface area contributed by atoms with Gasteiger partial charge in [0.05, 0.1) is 0 Å². The first-order valence-corrected chi connectivity index (χ1v) is 42.9. The summed E-state index contributed by atoms with van der Waals surface area (Å²) >= 11 is -4.80. The molecule has 0 spiro atoms. The van der Waals surface area contributed by atoms with Gasteiger partial charge in [-0.1, -0.05) is 0 Å². The van der Waals surface area contributed by atoms with Crippen LogP contribution >= 0.6 is 0 Å². The van der Waals surface area contributed by atoms with E-state index in [-0.39, 0.29) is 0 Å². The van der Waals surface area contributed by atoms with E-state index in [1.807, 2.05) is 0 Å². The molecule has 0 fully saturated rings. The van der Waals surface area contributed by atoms with Gasteiger partial charge < -0.3 is 0 Å². The van der Waals surface area contributed by atoms with Crippen molar-refractivity contribution in [3.63, 3.8) is 0 Å². The van der Waals surface area contributed by atoms with Gasteiger partial charge in [0.25, 0.3) is 0 Å². The second-order valence-corrected chi connectivity index (χ2v) is 104. The summed E-state index contributed by atoms with van der Waals surface area (Å²) in [5, 5.41) is 5.17. The fourth-order valence-corrected chi connectivity index (χ4v) is 37.6. The molecular formula is C42H40HfSi. The number of benzene rings is 6. The molecule has 216 valence electrons. The van der Waals surface area contributed by atoms with Gasteiger partial charge in [-0.25, -0.2) is 0 Å². The average molecular weight is 751 g/mol. The molecule has 0 saturated carbocycles. The maximum atomic E-state index is 2.72. The zero-order valence-electron chi connectivity index (χ0n) is 26.2. The summed E-state index contributed by atoms with van der Waals surface area (Å²) in [6.07, 6.45) is 10.0. The SMILES string of the molecule is [CH3][Hf]([CH3])([CH3])([CH3])(=[SiH2])([CH]1C=Cc2c(-c3ccc4ccccc4c3)cccc21)[CH]1C=Cc2c(-c3ccc4ccccc4c3)cccc21. The molecule has 0 heterocycles. The van der Waals surface area contributed by atoms with Crippen LogP contribution in [0.15, 0.2) is 133 Å². The van der Waals surface area contributed by atoms with Crippen LogP contribution in [-0.4, -0.2) is 6.94 Å². The van der Waals surface area contributed by atoms with Crippen LogP contribution in [0.4, 0.5) is 0 Å². The number of rotatable bonds is 4. The third kappa shape index (κ3) is 4.11. The first-order valence-electron chi connectivity index (χ1n) is 16.0. The summed E-state index contributed by atoms with van der Waals surface area (Å²) in [4.78, 5) is 0. The maximum absolute atomic E-state index is 4.80. The summed E-state index contributed by atoms with van der Waals surface area (Å²) in [6, 6.07) is 45.2. The number of allylic oxidation sites excluding steroid dienone is 2. The molecule has 0 amide bonds. The Labute approximate surface area is 257 Å². The van der Waals surface area contributed by atoms with Crippen molar-refractivity contribution < 1.29 is 14.2 Å². The van der Waals surface area contributed by atoms with E-state index in [1.54, 1.807) is 0 Å². The van der Waals surface area contributed by atoms with Crippen molar-refractivity contribution in [1.82, 2.24) is 0 Å². The van der Waals surface area contributed by atoms with Crippen molar-refractivity contribution >= 4 is 40.6 Å². The van der Waals surface area contributed by atoms with Gasteiger partial charge in [-0.2, -0.15) is 0 Å². The van der Waals surface area contributed by atoms with Gasteiger partial charge >= 0.3 is 259 Å². The van der Waals surface area contributed by atoms with E-state index in [1.165, 1.54) is 66.1 Å². The quantitative estimate of drug-likeness (QED) is 0.157. The zero-order chi connectivity index (χ0) is 30.4. The minimum absolute atomic E-state index is 0.387.